The summed E-state index contributed by atoms with van der Waals surface area (Å²) in [5.41, 5.74) is 8.48. The third-order valence-electron chi connectivity index (χ3n) is 6.78. The van der Waals surface area contributed by atoms with Crippen LogP contribution < -0.4 is 11.2 Å². The van der Waals surface area contributed by atoms with E-state index in [4.69, 9.17) is 22.1 Å². The molecule has 41 heavy (non-hydrogen) atoms. The predicted molar refractivity (Wildman–Crippen MR) is 167 cm³/mol. The second-order valence-electron chi connectivity index (χ2n) is 9.41. The summed E-state index contributed by atoms with van der Waals surface area (Å²) < 4.78 is 7.71. The molecule has 10 heteroatoms. The number of ether oxygens (including phenoxy) is 1. The van der Waals surface area contributed by atoms with Crippen LogP contribution in [-0.2, 0) is 14.3 Å². The highest BCUT2D eigenvalue weighted by Crippen LogP contribution is 2.41. The molecule has 0 spiro atoms. The first-order valence-corrected chi connectivity index (χ1v) is 15.8. The Bertz CT molecular complexity index is 1720. The maximum absolute atomic E-state index is 13.8. The number of benzene rings is 3. The molecule has 2 aliphatic heterocycles. The van der Waals surface area contributed by atoms with Crippen LogP contribution in [0.15, 0.2) is 117 Å². The van der Waals surface area contributed by atoms with Crippen molar-refractivity contribution in [2.75, 3.05) is 5.75 Å². The Balaban J connectivity index is 1.32. The van der Waals surface area contributed by atoms with Crippen molar-refractivity contribution in [1.29, 1.82) is 0 Å². The monoisotopic (exact) mass is 618 g/mol. The summed E-state index contributed by atoms with van der Waals surface area (Å²) in [5.74, 6) is -0.426. The van der Waals surface area contributed by atoms with Crippen LogP contribution in [0.3, 0.4) is 0 Å². The molecule has 6 nitrogen and oxygen atoms in total. The first-order valence-electron chi connectivity index (χ1n) is 12.7. The first kappa shape index (κ1) is 27.8. The maximum Gasteiger partial charge on any atom is 0.356 e. The van der Waals surface area contributed by atoms with Crippen molar-refractivity contribution in [2.45, 2.75) is 21.7 Å². The number of hydrogen-bond acceptors (Lipinski definition) is 8. The molecule has 2 N–H and O–H groups in total. The van der Waals surface area contributed by atoms with E-state index in [1.807, 2.05) is 66.1 Å². The second kappa shape index (κ2) is 11.9. The first-order chi connectivity index (χ1) is 19.9. The molecule has 1 amide bonds. The molecule has 0 radical (unpaired) electrons. The topological polar surface area (TPSA) is 89.7 Å². The lowest BCUT2D eigenvalue weighted by molar-refractivity contribution is -0.153. The zero-order valence-electron chi connectivity index (χ0n) is 21.4. The Morgan fingerprint density at radius 1 is 1.02 bits per heavy atom. The van der Waals surface area contributed by atoms with E-state index in [0.29, 0.717) is 21.7 Å². The number of fused-ring (bicyclic) bond motifs is 2. The average Bonchev–Trinajstić information content (AvgIpc) is 2.99. The predicted octanol–water partition coefficient (Wildman–Crippen LogP) is 6.35. The molecule has 206 valence electrons. The van der Waals surface area contributed by atoms with Crippen molar-refractivity contribution in [2.24, 2.45) is 5.73 Å². The largest absolute Gasteiger partial charge is 0.448 e. The number of thioether (sulfide) groups is 2. The zero-order valence-corrected chi connectivity index (χ0v) is 24.6. The van der Waals surface area contributed by atoms with Gasteiger partial charge in [-0.1, -0.05) is 84.0 Å². The lowest BCUT2D eigenvalue weighted by Gasteiger charge is -2.48. The minimum atomic E-state index is -0.663. The summed E-state index contributed by atoms with van der Waals surface area (Å²) in [6, 6.07) is 25.1. The van der Waals surface area contributed by atoms with Gasteiger partial charge in [-0.15, -0.1) is 23.1 Å². The Kier molecular flexibility index (Phi) is 8.05. The fourth-order valence-corrected chi connectivity index (χ4v) is 8.27. The fraction of sp³-hybridized carbons (Fsp3) is 0.129. The van der Waals surface area contributed by atoms with Gasteiger partial charge in [0.1, 0.15) is 17.1 Å². The van der Waals surface area contributed by atoms with Crippen molar-refractivity contribution in [3.05, 3.63) is 134 Å². The number of esters is 1. The van der Waals surface area contributed by atoms with Crippen molar-refractivity contribution in [3.8, 4) is 0 Å². The van der Waals surface area contributed by atoms with Gasteiger partial charge in [0.05, 0.1) is 4.21 Å². The Hall–Kier alpha value is -3.34. The van der Waals surface area contributed by atoms with Crippen LogP contribution in [0.1, 0.15) is 17.2 Å². The van der Waals surface area contributed by atoms with E-state index < -0.39 is 18.1 Å². The lowest BCUT2D eigenvalue weighted by Crippen LogP contribution is -2.68. The third-order valence-corrected chi connectivity index (χ3v) is 10.4. The van der Waals surface area contributed by atoms with Crippen LogP contribution in [0.5, 0.6) is 0 Å². The highest BCUT2D eigenvalue weighted by Gasteiger charge is 2.52. The van der Waals surface area contributed by atoms with Crippen LogP contribution in [0.4, 0.5) is 0 Å². The summed E-state index contributed by atoms with van der Waals surface area (Å²) in [5, 5.41) is 2.68. The zero-order chi connectivity index (χ0) is 28.5. The molecule has 0 unspecified atom stereocenters. The molecule has 2 atom stereocenters. The van der Waals surface area contributed by atoms with E-state index in [1.165, 1.54) is 39.8 Å². The molecule has 2 aliphatic rings. The van der Waals surface area contributed by atoms with Crippen LogP contribution in [0, 0.1) is 0 Å². The van der Waals surface area contributed by atoms with E-state index >= 15 is 0 Å². The minimum Gasteiger partial charge on any atom is -0.448 e. The summed E-state index contributed by atoms with van der Waals surface area (Å²) in [6.07, 6.45) is 1.15. The number of hydrogen-bond donors (Lipinski definition) is 1. The van der Waals surface area contributed by atoms with Crippen molar-refractivity contribution in [3.63, 3.8) is 0 Å². The summed E-state index contributed by atoms with van der Waals surface area (Å²) >= 11 is 10.5. The molecule has 0 bridgehead atoms. The van der Waals surface area contributed by atoms with Crippen molar-refractivity contribution in [1.82, 2.24) is 4.90 Å². The molecule has 1 aromatic heterocycles. The second-order valence-corrected chi connectivity index (χ2v) is 13.2. The highest BCUT2D eigenvalue weighted by molar-refractivity contribution is 8.04. The van der Waals surface area contributed by atoms with Gasteiger partial charge in [-0.3, -0.25) is 14.5 Å². The van der Waals surface area contributed by atoms with Gasteiger partial charge in [0.2, 0.25) is 5.91 Å². The maximum atomic E-state index is 13.8. The van der Waals surface area contributed by atoms with Gasteiger partial charge >= 0.3 is 5.97 Å². The van der Waals surface area contributed by atoms with Crippen molar-refractivity contribution >= 4 is 68.4 Å². The fourth-order valence-electron chi connectivity index (χ4n) is 4.75. The number of carbonyl (C=O) groups excluding carboxylic acids is 2. The van der Waals surface area contributed by atoms with Gasteiger partial charge in [0.25, 0.3) is 0 Å². The molecule has 0 saturated carbocycles. The Morgan fingerprint density at radius 2 is 1.71 bits per heavy atom. The van der Waals surface area contributed by atoms with Crippen LogP contribution >= 0.6 is 46.5 Å². The number of nitrogens with two attached hydrogens (primary N) is 1. The quantitative estimate of drug-likeness (QED) is 0.147. The number of β-lactam (4-membered cyclic amide) rings is 1. The number of halogens is 1. The van der Waals surface area contributed by atoms with Gasteiger partial charge in [-0.25, -0.2) is 4.79 Å². The number of amides is 1. The molecule has 3 heterocycles. The molecular weight excluding hydrogens is 596 g/mol. The molecule has 1 fully saturated rings. The molecule has 3 aromatic carbocycles. The number of carbonyl (C=O) groups is 2. The van der Waals surface area contributed by atoms with Gasteiger partial charge in [0.15, 0.2) is 11.5 Å². The average molecular weight is 619 g/mol. The number of nitrogens with zero attached hydrogens (tertiary/aromatic N) is 1. The summed E-state index contributed by atoms with van der Waals surface area (Å²) in [6.45, 7) is 0. The molecular formula is C31H23ClN2O4S3. The summed E-state index contributed by atoms with van der Waals surface area (Å²) in [7, 11) is 0. The molecule has 0 aliphatic carbocycles. The smallest absolute Gasteiger partial charge is 0.356 e. The molecule has 1 saturated heterocycles. The number of rotatable bonds is 7. The van der Waals surface area contributed by atoms with E-state index in [0.717, 1.165) is 20.0 Å². The molecule has 6 rings (SSSR count). The highest BCUT2D eigenvalue weighted by atomic mass is 35.5. The van der Waals surface area contributed by atoms with Crippen LogP contribution in [0.2, 0.25) is 5.02 Å². The van der Waals surface area contributed by atoms with Crippen LogP contribution in [-0.4, -0.2) is 33.9 Å². The van der Waals surface area contributed by atoms with E-state index in [9.17, 15) is 14.4 Å². The van der Waals surface area contributed by atoms with Crippen LogP contribution in [0.25, 0.3) is 10.1 Å². The van der Waals surface area contributed by atoms with Gasteiger partial charge < -0.3 is 10.5 Å². The van der Waals surface area contributed by atoms with E-state index in [2.05, 4.69) is 0 Å². The SMILES string of the molecule is N[C@@H]1C(=O)N2C(C(=O)OC(c3ccccc3)c3ccccc3)=C(C=CSc3cc(=O)c4ccc(Cl)cc4s3)CS[C@H]12. The number of allylic oxidation sites excluding steroid dienone is 1. The standard InChI is InChI=1S/C31H23ClN2O4S3/c32-21-11-12-22-23(35)16-25(41-24(22)15-21)39-14-13-20-17-40-30-26(33)29(36)34(30)27(20)31(37)38-28(18-7-3-1-4-8-18)19-9-5-2-6-10-19/h1-16,26,28,30H,17,33H2/t26-,30-/m1/s1. The third kappa shape index (κ3) is 5.60. The van der Waals surface area contributed by atoms with Gasteiger partial charge in [-0.2, -0.15) is 0 Å². The van der Waals surface area contributed by atoms with E-state index in [-0.39, 0.29) is 22.4 Å². The molecule has 4 aromatic rings. The summed E-state index contributed by atoms with van der Waals surface area (Å²) in [4.78, 5) is 40.7. The minimum absolute atomic E-state index is 0.0844. The Labute approximate surface area is 253 Å². The van der Waals surface area contributed by atoms with Gasteiger partial charge in [0, 0.05) is 26.9 Å². The normalized spacial score (nSPS) is 18.6. The Morgan fingerprint density at radius 3 is 2.39 bits per heavy atom. The van der Waals surface area contributed by atoms with Crippen molar-refractivity contribution < 1.29 is 14.3 Å². The van der Waals surface area contributed by atoms with Gasteiger partial charge in [-0.05, 0) is 46.4 Å². The lowest BCUT2D eigenvalue weighted by atomic mass is 10.0. The van der Waals surface area contributed by atoms with E-state index in [1.54, 1.807) is 30.3 Å².